The van der Waals surface area contributed by atoms with Crippen molar-refractivity contribution in [1.82, 2.24) is 10.2 Å². The van der Waals surface area contributed by atoms with Crippen LogP contribution in [0.2, 0.25) is 5.02 Å². The lowest BCUT2D eigenvalue weighted by atomic mass is 10.1. The third-order valence-electron chi connectivity index (χ3n) is 5.71. The molecule has 7 nitrogen and oxygen atoms in total. The van der Waals surface area contributed by atoms with E-state index in [1.54, 1.807) is 30.1 Å². The van der Waals surface area contributed by atoms with E-state index in [-0.39, 0.29) is 24.8 Å². The Labute approximate surface area is 208 Å². The van der Waals surface area contributed by atoms with E-state index in [2.05, 4.69) is 5.32 Å². The molecule has 0 aliphatic rings. The lowest BCUT2D eigenvalue weighted by molar-refractivity contribution is -0.140. The number of carbonyl (C=O) groups is 2. The third kappa shape index (κ3) is 7.74. The summed E-state index contributed by atoms with van der Waals surface area (Å²) in [5.74, 6) is -0.390. The molecule has 0 radical (unpaired) electrons. The summed E-state index contributed by atoms with van der Waals surface area (Å²) in [4.78, 5) is 27.3. The second-order valence-corrected chi connectivity index (χ2v) is 10.6. The Morgan fingerprint density at radius 3 is 2.35 bits per heavy atom. The van der Waals surface area contributed by atoms with Crippen LogP contribution in [-0.2, 0) is 26.0 Å². The highest BCUT2D eigenvalue weighted by molar-refractivity contribution is 7.92. The molecule has 9 heteroatoms. The number of carbonyl (C=O) groups excluding carboxylic acids is 2. The van der Waals surface area contributed by atoms with Crippen molar-refractivity contribution in [1.29, 1.82) is 0 Å². The van der Waals surface area contributed by atoms with Crippen LogP contribution < -0.4 is 9.62 Å². The molecule has 0 fully saturated rings. The second kappa shape index (κ2) is 12.8. The Kier molecular flexibility index (Phi) is 10.4. The van der Waals surface area contributed by atoms with E-state index < -0.39 is 16.1 Å². The predicted octanol–water partition coefficient (Wildman–Crippen LogP) is 3.79. The maximum atomic E-state index is 13.2. The number of aryl methyl sites for hydroxylation is 1. The number of halogens is 1. The quantitative estimate of drug-likeness (QED) is 0.473. The molecule has 0 bridgehead atoms. The Bertz CT molecular complexity index is 1080. The van der Waals surface area contributed by atoms with Gasteiger partial charge in [0.05, 0.1) is 11.9 Å². The van der Waals surface area contributed by atoms with E-state index in [4.69, 9.17) is 11.6 Å². The largest absolute Gasteiger partial charge is 0.357 e. The average molecular weight is 508 g/mol. The maximum Gasteiger partial charge on any atom is 0.242 e. The number of nitrogens with one attached hydrogen (secondary N) is 1. The summed E-state index contributed by atoms with van der Waals surface area (Å²) in [5.41, 5.74) is 2.35. The van der Waals surface area contributed by atoms with Gasteiger partial charge in [0, 0.05) is 31.6 Å². The summed E-state index contributed by atoms with van der Waals surface area (Å²) in [6, 6.07) is 14.3. The molecule has 1 N–H and O–H groups in total. The van der Waals surface area contributed by atoms with Crippen LogP contribution in [0.15, 0.2) is 48.5 Å². The number of anilines is 1. The van der Waals surface area contributed by atoms with Crippen molar-refractivity contribution in [2.75, 3.05) is 30.7 Å². The normalized spacial score (nSPS) is 12.1. The van der Waals surface area contributed by atoms with Gasteiger partial charge in [0.25, 0.3) is 0 Å². The van der Waals surface area contributed by atoms with Gasteiger partial charge in [0.2, 0.25) is 21.8 Å². The fourth-order valence-electron chi connectivity index (χ4n) is 3.90. The molecule has 2 aromatic rings. The van der Waals surface area contributed by atoms with Gasteiger partial charge in [-0.05, 0) is 49.4 Å². The molecule has 0 aliphatic carbocycles. The highest BCUT2D eigenvalue weighted by Crippen LogP contribution is 2.26. The molecule has 0 unspecified atom stereocenters. The summed E-state index contributed by atoms with van der Waals surface area (Å²) in [6.07, 6.45) is 2.67. The molecule has 0 heterocycles. The maximum absolute atomic E-state index is 13.2. The van der Waals surface area contributed by atoms with E-state index in [0.717, 1.165) is 17.4 Å². The number of sulfonamides is 1. The molecule has 0 aliphatic heterocycles. The number of rotatable bonds is 12. The van der Waals surface area contributed by atoms with Gasteiger partial charge in [-0.1, -0.05) is 54.9 Å². The summed E-state index contributed by atoms with van der Waals surface area (Å²) >= 11 is 6.10. The first-order chi connectivity index (χ1) is 16.1. The van der Waals surface area contributed by atoms with Gasteiger partial charge >= 0.3 is 0 Å². The van der Waals surface area contributed by atoms with Gasteiger partial charge in [0.15, 0.2) is 0 Å². The lowest BCUT2D eigenvalue weighted by Crippen LogP contribution is -2.49. The number of hydrogen-bond acceptors (Lipinski definition) is 4. The van der Waals surface area contributed by atoms with Crippen molar-refractivity contribution in [2.45, 2.75) is 45.6 Å². The van der Waals surface area contributed by atoms with Crippen LogP contribution in [0, 0.1) is 6.92 Å². The van der Waals surface area contributed by atoms with E-state index in [1.165, 1.54) is 4.31 Å². The molecule has 2 rings (SSSR count). The topological polar surface area (TPSA) is 86.8 Å². The molecule has 0 saturated heterocycles. The number of likely N-dealkylation sites (N-methyl/N-ethyl adjacent to an activating group) is 1. The second-order valence-electron chi connectivity index (χ2n) is 8.23. The smallest absolute Gasteiger partial charge is 0.242 e. The Hall–Kier alpha value is -2.58. The average Bonchev–Trinajstić information content (AvgIpc) is 2.80. The first kappa shape index (κ1) is 27.7. The molecule has 0 aromatic heterocycles. The molecule has 1 atom stereocenters. The van der Waals surface area contributed by atoms with Crippen LogP contribution in [0.3, 0.4) is 0 Å². The molecule has 34 heavy (non-hydrogen) atoms. The summed E-state index contributed by atoms with van der Waals surface area (Å²) in [6.45, 7) is 4.22. The van der Waals surface area contributed by atoms with Crippen molar-refractivity contribution in [3.05, 3.63) is 64.7 Å². The van der Waals surface area contributed by atoms with Crippen molar-refractivity contribution in [2.24, 2.45) is 0 Å². The summed E-state index contributed by atoms with van der Waals surface area (Å²) in [7, 11) is -2.02. The van der Waals surface area contributed by atoms with Crippen molar-refractivity contribution >= 4 is 39.1 Å². The van der Waals surface area contributed by atoms with Crippen molar-refractivity contribution < 1.29 is 18.0 Å². The van der Waals surface area contributed by atoms with Gasteiger partial charge in [-0.3, -0.25) is 13.9 Å². The van der Waals surface area contributed by atoms with E-state index in [0.29, 0.717) is 36.5 Å². The Morgan fingerprint density at radius 1 is 1.09 bits per heavy atom. The van der Waals surface area contributed by atoms with Crippen LogP contribution >= 0.6 is 11.6 Å². The van der Waals surface area contributed by atoms with Gasteiger partial charge in [-0.2, -0.15) is 0 Å². The zero-order chi connectivity index (χ0) is 25.3. The Morgan fingerprint density at radius 2 is 1.76 bits per heavy atom. The molecule has 2 aromatic carbocycles. The third-order valence-corrected chi connectivity index (χ3v) is 7.12. The minimum atomic E-state index is -3.57. The molecule has 186 valence electrons. The van der Waals surface area contributed by atoms with E-state index in [1.807, 2.05) is 44.2 Å². The Balaban J connectivity index is 2.16. The zero-order valence-corrected chi connectivity index (χ0v) is 21.8. The van der Waals surface area contributed by atoms with Gasteiger partial charge in [0.1, 0.15) is 6.04 Å². The van der Waals surface area contributed by atoms with Gasteiger partial charge in [-0.25, -0.2) is 8.42 Å². The molecule has 0 spiro atoms. The number of amides is 2. The first-order valence-corrected chi connectivity index (χ1v) is 13.6. The van der Waals surface area contributed by atoms with Crippen molar-refractivity contribution in [3.8, 4) is 0 Å². The van der Waals surface area contributed by atoms with Crippen LogP contribution in [0.4, 0.5) is 5.69 Å². The molecular weight excluding hydrogens is 474 g/mol. The minimum absolute atomic E-state index is 0.119. The SMILES string of the molecule is CC[C@@H](C(=O)NC)N(CCc1ccccc1)C(=O)CCCN(c1cc(Cl)ccc1C)S(C)(=O)=O. The molecule has 2 amide bonds. The number of nitrogens with zero attached hydrogens (tertiary/aromatic N) is 2. The monoisotopic (exact) mass is 507 g/mol. The van der Waals surface area contributed by atoms with Crippen LogP contribution in [0.1, 0.15) is 37.3 Å². The van der Waals surface area contributed by atoms with Crippen LogP contribution in [0.5, 0.6) is 0 Å². The summed E-state index contributed by atoms with van der Waals surface area (Å²) < 4.78 is 26.2. The van der Waals surface area contributed by atoms with Gasteiger partial charge in [-0.15, -0.1) is 0 Å². The van der Waals surface area contributed by atoms with E-state index in [9.17, 15) is 18.0 Å². The minimum Gasteiger partial charge on any atom is -0.357 e. The van der Waals surface area contributed by atoms with Crippen LogP contribution in [0.25, 0.3) is 0 Å². The highest BCUT2D eigenvalue weighted by atomic mass is 35.5. The first-order valence-electron chi connectivity index (χ1n) is 11.4. The fraction of sp³-hybridized carbons (Fsp3) is 0.440. The number of hydrogen-bond donors (Lipinski definition) is 1. The zero-order valence-electron chi connectivity index (χ0n) is 20.3. The molecule has 0 saturated carbocycles. The predicted molar refractivity (Wildman–Crippen MR) is 138 cm³/mol. The van der Waals surface area contributed by atoms with E-state index >= 15 is 0 Å². The lowest BCUT2D eigenvalue weighted by Gasteiger charge is -2.31. The number of benzene rings is 2. The van der Waals surface area contributed by atoms with Gasteiger partial charge < -0.3 is 10.2 Å². The molecular formula is C25H34ClN3O4S. The highest BCUT2D eigenvalue weighted by Gasteiger charge is 2.28. The van der Waals surface area contributed by atoms with Crippen LogP contribution in [-0.4, -0.2) is 57.6 Å². The van der Waals surface area contributed by atoms with Crippen molar-refractivity contribution in [3.63, 3.8) is 0 Å². The standard InChI is InChI=1S/C25H34ClN3O4S/c1-5-22(25(31)27-3)28(17-15-20-10-7-6-8-11-20)24(30)12-9-16-29(34(4,32)33)23-18-21(26)14-13-19(23)2/h6-8,10-11,13-14,18,22H,5,9,12,15-17H2,1-4H3,(H,27,31)/t22-/m0/s1. The summed E-state index contributed by atoms with van der Waals surface area (Å²) in [5, 5.41) is 3.08. The fourth-order valence-corrected chi connectivity index (χ4v) is 5.08.